The molecular formula is H2Na2O3Se. The van der Waals surface area contributed by atoms with Crippen molar-refractivity contribution in [2.45, 2.75) is 0 Å². The molecule has 0 aliphatic rings. The molecule has 0 spiro atoms. The van der Waals surface area contributed by atoms with Gasteiger partial charge in [-0.25, -0.2) is 0 Å². The van der Waals surface area contributed by atoms with Crippen molar-refractivity contribution in [3.63, 3.8) is 0 Å². The standard InChI is InChI=1S/2Na.O3Se.2H/c;;1-4(2)3;;. The van der Waals surface area contributed by atoms with Crippen LogP contribution < -0.4 is 0 Å². The molecule has 0 atom stereocenters. The van der Waals surface area contributed by atoms with Gasteiger partial charge in [-0.2, -0.15) is 0 Å². The molecule has 0 rings (SSSR count). The van der Waals surface area contributed by atoms with E-state index in [-0.39, 0.29) is 59.1 Å². The van der Waals surface area contributed by atoms with Gasteiger partial charge in [0.1, 0.15) is 0 Å². The van der Waals surface area contributed by atoms with Gasteiger partial charge in [0, 0.05) is 0 Å². The Bertz CT molecular complexity index is 78.2. The predicted octanol–water partition coefficient (Wildman–Crippen LogP) is -2.03. The zero-order valence-electron chi connectivity index (χ0n) is 1.63. The minimum absolute atomic E-state index is 0. The molecule has 0 aromatic heterocycles. The molecular weight excluding hydrogens is 173 g/mol. The first-order chi connectivity index (χ1) is 1.73. The van der Waals surface area contributed by atoms with Crippen LogP contribution in [0.3, 0.4) is 0 Å². The second-order valence-electron chi connectivity index (χ2n) is 0.204. The molecule has 0 aliphatic carbocycles. The van der Waals surface area contributed by atoms with E-state index in [0.717, 1.165) is 0 Å². The third-order valence-corrected chi connectivity index (χ3v) is 0. The Morgan fingerprint density at radius 1 is 0.833 bits per heavy atom. The molecule has 0 heterocycles. The first-order valence-electron chi connectivity index (χ1n) is 0.500. The van der Waals surface area contributed by atoms with Crippen LogP contribution in [0.15, 0.2) is 0 Å². The van der Waals surface area contributed by atoms with E-state index in [1.807, 2.05) is 0 Å². The molecule has 0 aromatic carbocycles. The zero-order chi connectivity index (χ0) is 3.58. The number of hydrogen-bond donors (Lipinski definition) is 0. The zero-order valence-corrected chi connectivity index (χ0v) is 3.35. The molecule has 0 fully saturated rings. The first-order valence-corrected chi connectivity index (χ1v) is 2.60. The van der Waals surface area contributed by atoms with E-state index >= 15 is 0 Å². The van der Waals surface area contributed by atoms with E-state index < -0.39 is 13.7 Å². The Morgan fingerprint density at radius 2 is 0.833 bits per heavy atom. The van der Waals surface area contributed by atoms with Gasteiger partial charge < -0.3 is 0 Å². The van der Waals surface area contributed by atoms with E-state index in [2.05, 4.69) is 0 Å². The minimum atomic E-state index is -3.79. The van der Waals surface area contributed by atoms with Gasteiger partial charge in [0.15, 0.2) is 0 Å². The summed E-state index contributed by atoms with van der Waals surface area (Å²) in [5.74, 6) is 0. The molecule has 0 aliphatic heterocycles. The second-order valence-corrected chi connectivity index (χ2v) is 1.06. The van der Waals surface area contributed by atoms with E-state index in [1.165, 1.54) is 0 Å². The third kappa shape index (κ3) is 38.9. The van der Waals surface area contributed by atoms with Crippen molar-refractivity contribution in [1.29, 1.82) is 0 Å². The van der Waals surface area contributed by atoms with Crippen molar-refractivity contribution in [3.8, 4) is 0 Å². The Morgan fingerprint density at radius 3 is 0.833 bits per heavy atom. The summed E-state index contributed by atoms with van der Waals surface area (Å²) in [6, 6.07) is 0. The molecule has 0 amide bonds. The van der Waals surface area contributed by atoms with E-state index in [0.29, 0.717) is 0 Å². The molecule has 28 valence electrons. The van der Waals surface area contributed by atoms with Gasteiger partial charge in [-0.05, 0) is 0 Å². The summed E-state index contributed by atoms with van der Waals surface area (Å²) in [5.41, 5.74) is 0. The third-order valence-electron chi connectivity index (χ3n) is 0. The van der Waals surface area contributed by atoms with Crippen molar-refractivity contribution in [3.05, 3.63) is 0 Å². The normalized spacial score (nSPS) is 4.00. The van der Waals surface area contributed by atoms with E-state index in [4.69, 9.17) is 11.5 Å². The summed E-state index contributed by atoms with van der Waals surface area (Å²) in [4.78, 5) is 0. The molecule has 0 aromatic rings. The van der Waals surface area contributed by atoms with Crippen LogP contribution in [0.5, 0.6) is 0 Å². The maximum absolute atomic E-state index is 8.54. The summed E-state index contributed by atoms with van der Waals surface area (Å²) >= 11 is -3.79. The van der Waals surface area contributed by atoms with Gasteiger partial charge in [-0.1, -0.05) is 0 Å². The van der Waals surface area contributed by atoms with Crippen LogP contribution in [0.4, 0.5) is 0 Å². The van der Waals surface area contributed by atoms with Gasteiger partial charge >= 0.3 is 84.3 Å². The van der Waals surface area contributed by atoms with Crippen LogP contribution in [0.25, 0.3) is 0 Å². The van der Waals surface area contributed by atoms with Crippen molar-refractivity contribution in [2.75, 3.05) is 0 Å². The molecule has 0 unspecified atom stereocenters. The quantitative estimate of drug-likeness (QED) is 0.399. The fraction of sp³-hybridized carbons (Fsp3) is 0. The molecule has 0 bridgehead atoms. The molecule has 0 radical (unpaired) electrons. The summed E-state index contributed by atoms with van der Waals surface area (Å²) in [5, 5.41) is 0. The summed E-state index contributed by atoms with van der Waals surface area (Å²) in [6.45, 7) is 0. The van der Waals surface area contributed by atoms with Gasteiger partial charge in [-0.15, -0.1) is 0 Å². The monoisotopic (exact) mass is 176 g/mol. The van der Waals surface area contributed by atoms with Crippen molar-refractivity contribution < 1.29 is 11.5 Å². The molecule has 3 nitrogen and oxygen atoms in total. The molecule has 0 saturated heterocycles. The van der Waals surface area contributed by atoms with Crippen LogP contribution in [0.2, 0.25) is 0 Å². The van der Waals surface area contributed by atoms with Gasteiger partial charge in [0.25, 0.3) is 0 Å². The van der Waals surface area contributed by atoms with Crippen LogP contribution in [0, 0.1) is 0 Å². The Hall–Kier alpha value is 1.92. The number of hydrogen-bond acceptors (Lipinski definition) is 3. The maximum atomic E-state index is 8.54. The first kappa shape index (κ1) is 15.7. The van der Waals surface area contributed by atoms with Crippen LogP contribution in [-0.2, 0) is 11.5 Å². The topological polar surface area (TPSA) is 51.2 Å². The average molecular weight is 175 g/mol. The molecule has 6 heavy (non-hydrogen) atoms. The Kier molecular flexibility index (Phi) is 26.2. The van der Waals surface area contributed by atoms with Crippen LogP contribution in [-0.4, -0.2) is 72.8 Å². The SMILES string of the molecule is O=[Se](=O)=O.[NaH].[NaH]. The summed E-state index contributed by atoms with van der Waals surface area (Å²) < 4.78 is 25.6. The number of rotatable bonds is 0. The Balaban J connectivity index is -0.0000000450. The fourth-order valence-corrected chi connectivity index (χ4v) is 0. The average Bonchev–Trinajstić information content (AvgIpc) is 0.811. The molecule has 6 heteroatoms. The van der Waals surface area contributed by atoms with Gasteiger partial charge in [-0.3, -0.25) is 0 Å². The van der Waals surface area contributed by atoms with E-state index in [1.54, 1.807) is 0 Å². The van der Waals surface area contributed by atoms with Gasteiger partial charge in [0.2, 0.25) is 0 Å². The van der Waals surface area contributed by atoms with Gasteiger partial charge in [0.05, 0.1) is 0 Å². The summed E-state index contributed by atoms with van der Waals surface area (Å²) in [7, 11) is 0. The van der Waals surface area contributed by atoms with Crippen molar-refractivity contribution in [1.82, 2.24) is 0 Å². The molecule has 0 saturated carbocycles. The van der Waals surface area contributed by atoms with E-state index in [9.17, 15) is 0 Å². The van der Waals surface area contributed by atoms with Crippen molar-refractivity contribution >= 4 is 72.8 Å². The fourth-order valence-electron chi connectivity index (χ4n) is 0. The second kappa shape index (κ2) is 10.0. The van der Waals surface area contributed by atoms with Crippen LogP contribution >= 0.6 is 0 Å². The summed E-state index contributed by atoms with van der Waals surface area (Å²) in [6.07, 6.45) is 0. The van der Waals surface area contributed by atoms with Crippen molar-refractivity contribution in [2.24, 2.45) is 0 Å². The van der Waals surface area contributed by atoms with Crippen LogP contribution in [0.1, 0.15) is 0 Å². The Labute approximate surface area is 82.9 Å². The predicted molar refractivity (Wildman–Crippen MR) is 22.1 cm³/mol. The molecule has 0 N–H and O–H groups in total.